The van der Waals surface area contributed by atoms with Gasteiger partial charge in [0.25, 0.3) is 0 Å². The minimum Gasteiger partial charge on any atom is -0.100 e. The van der Waals surface area contributed by atoms with Crippen molar-refractivity contribution in [2.75, 3.05) is 6.16 Å². The molecule has 0 radical (unpaired) electrons. The van der Waals surface area contributed by atoms with Crippen LogP contribution in [-0.4, -0.2) is 17.5 Å². The van der Waals surface area contributed by atoms with Crippen LogP contribution < -0.4 is 0 Å². The predicted molar refractivity (Wildman–Crippen MR) is 182 cm³/mol. The molecule has 1 heteroatoms. The average molecular weight is 563 g/mol. The van der Waals surface area contributed by atoms with Gasteiger partial charge >= 0.3 is 0 Å². The van der Waals surface area contributed by atoms with E-state index in [4.69, 9.17) is 0 Å². The van der Waals surface area contributed by atoms with Crippen molar-refractivity contribution in [3.05, 3.63) is 0 Å². The van der Waals surface area contributed by atoms with E-state index in [9.17, 15) is 0 Å². The summed E-state index contributed by atoms with van der Waals surface area (Å²) in [5.41, 5.74) is 2.39. The molecule has 2 aliphatic rings. The third-order valence-corrected chi connectivity index (χ3v) is 14.1. The number of hydrogen-bond acceptors (Lipinski definition) is 0. The van der Waals surface area contributed by atoms with Crippen LogP contribution in [0.4, 0.5) is 0 Å². The van der Waals surface area contributed by atoms with Crippen molar-refractivity contribution in [3.8, 4) is 0 Å². The first-order chi connectivity index (χ1) is 19.4. The molecular formula is C38H75P. The van der Waals surface area contributed by atoms with E-state index in [-0.39, 0.29) is 0 Å². The molecule has 232 valence electrons. The third kappa shape index (κ3) is 20.1. The van der Waals surface area contributed by atoms with Gasteiger partial charge in [0.15, 0.2) is 0 Å². The van der Waals surface area contributed by atoms with E-state index in [1.807, 2.05) is 0 Å². The Labute approximate surface area is 250 Å². The quantitative estimate of drug-likeness (QED) is 0.0628. The summed E-state index contributed by atoms with van der Waals surface area (Å²) in [7, 11) is 0.440. The number of hydrogen-bond donors (Lipinski definition) is 0. The second-order valence-electron chi connectivity index (χ2n) is 14.0. The Morgan fingerprint density at radius 1 is 0.333 bits per heavy atom. The minimum absolute atomic E-state index is 0.440. The van der Waals surface area contributed by atoms with Crippen LogP contribution in [0.5, 0.6) is 0 Å². The van der Waals surface area contributed by atoms with Crippen molar-refractivity contribution in [1.29, 1.82) is 0 Å². The highest BCUT2D eigenvalue weighted by Crippen LogP contribution is 2.60. The molecule has 2 heterocycles. The van der Waals surface area contributed by atoms with Crippen molar-refractivity contribution < 1.29 is 0 Å². The molecule has 0 spiro atoms. The van der Waals surface area contributed by atoms with Crippen LogP contribution in [0.15, 0.2) is 0 Å². The molecule has 39 heavy (non-hydrogen) atoms. The Morgan fingerprint density at radius 3 is 0.872 bits per heavy atom. The Morgan fingerprint density at radius 2 is 0.590 bits per heavy atom. The smallest absolute Gasteiger partial charge is 0.0206 e. The normalized spacial score (nSPS) is 21.0. The van der Waals surface area contributed by atoms with Crippen molar-refractivity contribution in [3.63, 3.8) is 0 Å². The minimum atomic E-state index is 0.440. The maximum absolute atomic E-state index is 2.31. The molecular weight excluding hydrogens is 487 g/mol. The van der Waals surface area contributed by atoms with Crippen molar-refractivity contribution in [2.24, 2.45) is 0 Å². The predicted octanol–water partition coefficient (Wildman–Crippen LogP) is 14.5. The fourth-order valence-corrected chi connectivity index (χ4v) is 11.6. The third-order valence-electron chi connectivity index (χ3n) is 10.4. The molecule has 0 aromatic rings. The van der Waals surface area contributed by atoms with E-state index < -0.39 is 0 Å². The molecule has 2 saturated heterocycles. The number of rotatable bonds is 29. The topological polar surface area (TPSA) is 0 Å². The van der Waals surface area contributed by atoms with Crippen LogP contribution >= 0.6 is 7.92 Å². The Hall–Kier alpha value is 0.430. The first kappa shape index (κ1) is 35.6. The molecule has 2 bridgehead atoms. The second kappa shape index (κ2) is 27.3. The van der Waals surface area contributed by atoms with Crippen LogP contribution in [0.3, 0.4) is 0 Å². The molecule has 0 nitrogen and oxygen atoms in total. The van der Waals surface area contributed by atoms with Crippen LogP contribution in [0.1, 0.15) is 225 Å². The Bertz CT molecular complexity index is 473. The molecule has 2 fully saturated rings. The fourth-order valence-electron chi connectivity index (χ4n) is 7.72. The highest BCUT2D eigenvalue weighted by atomic mass is 31.1. The van der Waals surface area contributed by atoms with Gasteiger partial charge in [0.1, 0.15) is 0 Å². The van der Waals surface area contributed by atoms with Crippen molar-refractivity contribution in [1.82, 2.24) is 0 Å². The fraction of sp³-hybridized carbons (Fsp3) is 1.00. The maximum Gasteiger partial charge on any atom is -0.0206 e. The van der Waals surface area contributed by atoms with Gasteiger partial charge in [-0.15, -0.1) is 7.92 Å². The standard InChI is InChI=1S/C38H75P/c1-2-3-4-5-6-7-8-9-10-11-12-13-14-15-16-17-18-19-20-21-22-23-24-25-26-27-28-31-36-39-37-32-29-30-33-38(39)35-34-37/h37-38H,2-36H2,1H3. The summed E-state index contributed by atoms with van der Waals surface area (Å²) in [5, 5.41) is 0. The van der Waals surface area contributed by atoms with Gasteiger partial charge in [0.05, 0.1) is 0 Å². The van der Waals surface area contributed by atoms with Crippen LogP contribution in [0, 0.1) is 0 Å². The molecule has 2 rings (SSSR count). The zero-order chi connectivity index (χ0) is 27.5. The van der Waals surface area contributed by atoms with Gasteiger partial charge in [-0.25, -0.2) is 0 Å². The van der Waals surface area contributed by atoms with Crippen LogP contribution in [0.25, 0.3) is 0 Å². The lowest BCUT2D eigenvalue weighted by Gasteiger charge is -2.23. The molecule has 0 N–H and O–H groups in total. The van der Waals surface area contributed by atoms with E-state index in [0.717, 1.165) is 0 Å². The number of unbranched alkanes of at least 4 members (excludes halogenated alkanes) is 27. The lowest BCUT2D eigenvalue weighted by molar-refractivity contribution is 0.514. The lowest BCUT2D eigenvalue weighted by atomic mass is 10.0. The summed E-state index contributed by atoms with van der Waals surface area (Å²) in [4.78, 5) is 0. The second-order valence-corrected chi connectivity index (χ2v) is 16.9. The molecule has 0 amide bonds. The maximum atomic E-state index is 2.31. The van der Waals surface area contributed by atoms with E-state index >= 15 is 0 Å². The number of fused-ring (bicyclic) bond motifs is 2. The molecule has 2 atom stereocenters. The van der Waals surface area contributed by atoms with Gasteiger partial charge in [-0.05, 0) is 49.6 Å². The Balaban J connectivity index is 1.17. The molecule has 2 unspecified atom stereocenters. The van der Waals surface area contributed by atoms with Gasteiger partial charge in [-0.1, -0.05) is 193 Å². The van der Waals surface area contributed by atoms with Gasteiger partial charge in [-0.3, -0.25) is 0 Å². The molecule has 0 aromatic carbocycles. The average Bonchev–Trinajstić information content (AvgIpc) is 3.21. The molecule has 0 aromatic heterocycles. The Kier molecular flexibility index (Phi) is 24.9. The summed E-state index contributed by atoms with van der Waals surface area (Å²) in [5.74, 6) is 0. The summed E-state index contributed by atoms with van der Waals surface area (Å²) in [6.07, 6.45) is 53.1. The van der Waals surface area contributed by atoms with Crippen LogP contribution in [0.2, 0.25) is 0 Å². The van der Waals surface area contributed by atoms with Gasteiger partial charge < -0.3 is 0 Å². The summed E-state index contributed by atoms with van der Waals surface area (Å²) < 4.78 is 0. The summed E-state index contributed by atoms with van der Waals surface area (Å²) >= 11 is 0. The highest BCUT2D eigenvalue weighted by Gasteiger charge is 2.35. The van der Waals surface area contributed by atoms with Crippen molar-refractivity contribution in [2.45, 2.75) is 237 Å². The zero-order valence-corrected chi connectivity index (χ0v) is 28.2. The lowest BCUT2D eigenvalue weighted by Crippen LogP contribution is -2.03. The molecule has 0 aliphatic carbocycles. The van der Waals surface area contributed by atoms with E-state index in [1.54, 1.807) is 51.1 Å². The van der Waals surface area contributed by atoms with E-state index in [2.05, 4.69) is 6.92 Å². The molecule has 2 aliphatic heterocycles. The van der Waals surface area contributed by atoms with Crippen molar-refractivity contribution >= 4 is 7.92 Å². The molecule has 0 saturated carbocycles. The van der Waals surface area contributed by atoms with Gasteiger partial charge in [-0.2, -0.15) is 0 Å². The largest absolute Gasteiger partial charge is 0.100 e. The first-order valence-electron chi connectivity index (χ1n) is 19.2. The van der Waals surface area contributed by atoms with E-state index in [0.29, 0.717) is 7.92 Å². The SMILES string of the molecule is CCCCCCCCCCCCCCCCCCCCCCCCCCCCCCP1C2CCCCC1CC2. The summed E-state index contributed by atoms with van der Waals surface area (Å²) in [6, 6.07) is 0. The highest BCUT2D eigenvalue weighted by molar-refractivity contribution is 7.59. The van der Waals surface area contributed by atoms with Gasteiger partial charge in [0.2, 0.25) is 0 Å². The first-order valence-corrected chi connectivity index (χ1v) is 20.8. The monoisotopic (exact) mass is 563 g/mol. The van der Waals surface area contributed by atoms with Crippen LogP contribution in [-0.2, 0) is 0 Å². The van der Waals surface area contributed by atoms with Gasteiger partial charge in [0, 0.05) is 0 Å². The zero-order valence-electron chi connectivity index (χ0n) is 27.4. The summed E-state index contributed by atoms with van der Waals surface area (Å²) in [6.45, 7) is 2.31. The van der Waals surface area contributed by atoms with E-state index in [1.165, 1.54) is 185 Å².